The average molecular weight is 380 g/mol. The van der Waals surface area contributed by atoms with Crippen molar-refractivity contribution in [3.63, 3.8) is 0 Å². The average Bonchev–Trinajstić information content (AvgIpc) is 3.29. The first-order chi connectivity index (χ1) is 13.6. The molecule has 28 heavy (non-hydrogen) atoms. The van der Waals surface area contributed by atoms with Crippen LogP contribution in [-0.4, -0.2) is 36.4 Å². The lowest BCUT2D eigenvalue weighted by Gasteiger charge is -2.20. The molecule has 1 fully saturated rings. The number of anilines is 1. The number of carbonyl (C=O) groups is 2. The van der Waals surface area contributed by atoms with Crippen LogP contribution in [0.5, 0.6) is 5.75 Å². The molecule has 0 aliphatic carbocycles. The summed E-state index contributed by atoms with van der Waals surface area (Å²) >= 11 is 0. The van der Waals surface area contributed by atoms with Gasteiger partial charge < -0.3 is 9.64 Å². The molecule has 0 N–H and O–H groups in total. The Balaban J connectivity index is 1.79. The monoisotopic (exact) mass is 380 g/mol. The molecule has 2 aliphatic rings. The molecule has 2 heterocycles. The highest BCUT2D eigenvalue weighted by Crippen LogP contribution is 2.36. The van der Waals surface area contributed by atoms with Crippen LogP contribution in [0, 0.1) is 5.82 Å². The van der Waals surface area contributed by atoms with Crippen LogP contribution >= 0.6 is 0 Å². The second-order valence-electron chi connectivity index (χ2n) is 6.80. The van der Waals surface area contributed by atoms with Gasteiger partial charge >= 0.3 is 0 Å². The fourth-order valence-electron chi connectivity index (χ4n) is 3.74. The maximum atomic E-state index is 13.4. The lowest BCUT2D eigenvalue weighted by Crippen LogP contribution is -2.34. The van der Waals surface area contributed by atoms with Crippen LogP contribution in [0.2, 0.25) is 0 Å². The van der Waals surface area contributed by atoms with Crippen LogP contribution in [0.4, 0.5) is 10.1 Å². The second kappa shape index (κ2) is 7.46. The molecule has 5 nitrogen and oxygen atoms in total. The van der Waals surface area contributed by atoms with E-state index in [1.165, 1.54) is 17.0 Å². The minimum Gasteiger partial charge on any atom is -0.494 e. The van der Waals surface area contributed by atoms with Crippen molar-refractivity contribution in [1.82, 2.24) is 4.90 Å². The van der Waals surface area contributed by atoms with Gasteiger partial charge in [0.2, 0.25) is 0 Å². The molecule has 4 rings (SSSR count). The van der Waals surface area contributed by atoms with Gasteiger partial charge in [-0.1, -0.05) is 18.2 Å². The Labute approximate surface area is 163 Å². The minimum atomic E-state index is -0.396. The van der Waals surface area contributed by atoms with E-state index in [0.29, 0.717) is 34.9 Å². The molecule has 2 amide bonds. The molecule has 0 saturated carbocycles. The summed E-state index contributed by atoms with van der Waals surface area (Å²) in [5.41, 5.74) is 1.74. The lowest BCUT2D eigenvalue weighted by atomic mass is 10.0. The Bertz CT molecular complexity index is 947. The third kappa shape index (κ3) is 3.15. The first kappa shape index (κ1) is 18.2. The summed E-state index contributed by atoms with van der Waals surface area (Å²) in [4.78, 5) is 29.8. The first-order valence-electron chi connectivity index (χ1n) is 9.47. The van der Waals surface area contributed by atoms with Crippen LogP contribution in [-0.2, 0) is 9.59 Å². The van der Waals surface area contributed by atoms with Crippen molar-refractivity contribution in [1.29, 1.82) is 0 Å². The van der Waals surface area contributed by atoms with Crippen molar-refractivity contribution in [2.45, 2.75) is 19.8 Å². The normalized spacial score (nSPS) is 17.1. The SMILES string of the molecule is CCOc1cccc(N2C(=O)C(c3ccc(F)cc3)=C(N3CCCC3)C2=O)c1. The van der Waals surface area contributed by atoms with Crippen LogP contribution < -0.4 is 9.64 Å². The van der Waals surface area contributed by atoms with Gasteiger partial charge in [0, 0.05) is 19.2 Å². The molecule has 6 heteroatoms. The molecule has 0 atom stereocenters. The Morgan fingerprint density at radius 3 is 2.39 bits per heavy atom. The minimum absolute atomic E-state index is 0.328. The summed E-state index contributed by atoms with van der Waals surface area (Å²) in [5, 5.41) is 0. The number of rotatable bonds is 5. The molecule has 0 unspecified atom stereocenters. The largest absolute Gasteiger partial charge is 0.494 e. The molecule has 0 radical (unpaired) electrons. The number of imide groups is 1. The number of carbonyl (C=O) groups excluding carboxylic acids is 2. The molecular formula is C22H21FN2O3. The zero-order valence-corrected chi connectivity index (χ0v) is 15.7. The molecular weight excluding hydrogens is 359 g/mol. The smallest absolute Gasteiger partial charge is 0.282 e. The number of ether oxygens (including phenoxy) is 1. The van der Waals surface area contributed by atoms with E-state index < -0.39 is 5.91 Å². The van der Waals surface area contributed by atoms with E-state index in [1.807, 2.05) is 11.8 Å². The number of nitrogens with zero attached hydrogens (tertiary/aromatic N) is 2. The summed E-state index contributed by atoms with van der Waals surface area (Å²) in [6.45, 7) is 3.82. The van der Waals surface area contributed by atoms with Crippen molar-refractivity contribution in [2.75, 3.05) is 24.6 Å². The standard InChI is InChI=1S/C22H21FN2O3/c1-2-28-18-7-5-6-17(14-18)25-21(26)19(15-8-10-16(23)11-9-15)20(22(25)27)24-12-3-4-13-24/h5-11,14H,2-4,12-13H2,1H3. The van der Waals surface area contributed by atoms with Gasteiger partial charge in [-0.3, -0.25) is 9.59 Å². The maximum Gasteiger partial charge on any atom is 0.282 e. The van der Waals surface area contributed by atoms with Crippen molar-refractivity contribution in [3.8, 4) is 5.75 Å². The summed E-state index contributed by atoms with van der Waals surface area (Å²) in [6.07, 6.45) is 1.95. The van der Waals surface area contributed by atoms with E-state index in [2.05, 4.69) is 0 Å². The first-order valence-corrected chi connectivity index (χ1v) is 9.47. The quantitative estimate of drug-likeness (QED) is 0.744. The van der Waals surface area contributed by atoms with Gasteiger partial charge in [0.1, 0.15) is 17.3 Å². The van der Waals surface area contributed by atoms with Crippen molar-refractivity contribution in [3.05, 3.63) is 65.6 Å². The maximum absolute atomic E-state index is 13.4. The van der Waals surface area contributed by atoms with E-state index in [9.17, 15) is 14.0 Å². The van der Waals surface area contributed by atoms with Crippen LogP contribution in [0.1, 0.15) is 25.3 Å². The van der Waals surface area contributed by atoms with E-state index in [1.54, 1.807) is 36.4 Å². The second-order valence-corrected chi connectivity index (χ2v) is 6.80. The molecule has 0 aromatic heterocycles. The summed E-state index contributed by atoms with van der Waals surface area (Å²) < 4.78 is 18.9. The molecule has 2 aromatic carbocycles. The highest BCUT2D eigenvalue weighted by Gasteiger charge is 2.43. The number of amides is 2. The third-order valence-corrected chi connectivity index (χ3v) is 5.00. The molecule has 1 saturated heterocycles. The van der Waals surface area contributed by atoms with Gasteiger partial charge in [-0.05, 0) is 49.6 Å². The van der Waals surface area contributed by atoms with E-state index in [-0.39, 0.29) is 11.7 Å². The number of hydrogen-bond acceptors (Lipinski definition) is 4. The van der Waals surface area contributed by atoms with Crippen LogP contribution in [0.25, 0.3) is 5.57 Å². The fourth-order valence-corrected chi connectivity index (χ4v) is 3.74. The van der Waals surface area contributed by atoms with Gasteiger partial charge in [0.15, 0.2) is 0 Å². The fraction of sp³-hybridized carbons (Fsp3) is 0.273. The number of halogens is 1. The molecule has 2 aromatic rings. The van der Waals surface area contributed by atoms with E-state index in [4.69, 9.17) is 4.74 Å². The van der Waals surface area contributed by atoms with Gasteiger partial charge in [0.05, 0.1) is 17.9 Å². The van der Waals surface area contributed by atoms with Gasteiger partial charge in [-0.2, -0.15) is 0 Å². The number of benzene rings is 2. The van der Waals surface area contributed by atoms with Crippen LogP contribution in [0.3, 0.4) is 0 Å². The van der Waals surface area contributed by atoms with Crippen molar-refractivity contribution >= 4 is 23.1 Å². The summed E-state index contributed by atoms with van der Waals surface area (Å²) in [5.74, 6) is -0.532. The Kier molecular flexibility index (Phi) is 4.86. The van der Waals surface area contributed by atoms with E-state index in [0.717, 1.165) is 25.9 Å². The predicted octanol–water partition coefficient (Wildman–Crippen LogP) is 3.60. The summed E-state index contributed by atoms with van der Waals surface area (Å²) in [7, 11) is 0. The third-order valence-electron chi connectivity index (χ3n) is 5.00. The lowest BCUT2D eigenvalue weighted by molar-refractivity contribution is -0.120. The summed E-state index contributed by atoms with van der Waals surface area (Å²) in [6, 6.07) is 12.7. The van der Waals surface area contributed by atoms with Gasteiger partial charge in [-0.15, -0.1) is 0 Å². The highest BCUT2D eigenvalue weighted by atomic mass is 19.1. The molecule has 0 bridgehead atoms. The molecule has 0 spiro atoms. The number of likely N-dealkylation sites (tertiary alicyclic amines) is 1. The van der Waals surface area contributed by atoms with E-state index >= 15 is 0 Å². The predicted molar refractivity (Wildman–Crippen MR) is 104 cm³/mol. The Morgan fingerprint density at radius 1 is 1.00 bits per heavy atom. The van der Waals surface area contributed by atoms with Gasteiger partial charge in [-0.25, -0.2) is 9.29 Å². The molecule has 2 aliphatic heterocycles. The Morgan fingerprint density at radius 2 is 1.71 bits per heavy atom. The van der Waals surface area contributed by atoms with Gasteiger partial charge in [0.25, 0.3) is 11.8 Å². The van der Waals surface area contributed by atoms with Crippen LogP contribution in [0.15, 0.2) is 54.2 Å². The zero-order valence-electron chi connectivity index (χ0n) is 15.7. The Hall–Kier alpha value is -3.15. The molecule has 144 valence electrons. The van der Waals surface area contributed by atoms with Crippen molar-refractivity contribution in [2.24, 2.45) is 0 Å². The zero-order chi connectivity index (χ0) is 19.7. The highest BCUT2D eigenvalue weighted by molar-refractivity contribution is 6.45. The van der Waals surface area contributed by atoms with Crippen molar-refractivity contribution < 1.29 is 18.7 Å². The number of hydrogen-bond donors (Lipinski definition) is 0. The topological polar surface area (TPSA) is 49.9 Å².